The lowest BCUT2D eigenvalue weighted by Crippen LogP contribution is -2.44. The molecule has 0 aromatic heterocycles. The van der Waals surface area contributed by atoms with Crippen LogP contribution in [0.25, 0.3) is 0 Å². The average Bonchev–Trinajstić information content (AvgIpc) is 2.86. The molecule has 1 fully saturated rings. The number of nitrogens with zero attached hydrogens (tertiary/aromatic N) is 1. The van der Waals surface area contributed by atoms with Crippen molar-refractivity contribution in [2.75, 3.05) is 13.1 Å². The van der Waals surface area contributed by atoms with Gasteiger partial charge in [-0.15, -0.1) is 0 Å². The number of rotatable bonds is 5. The molecule has 0 spiro atoms. The van der Waals surface area contributed by atoms with E-state index < -0.39 is 26.6 Å². The molecule has 0 heterocycles. The van der Waals surface area contributed by atoms with E-state index in [-0.39, 0.29) is 18.5 Å². The number of sulfonamides is 1. The van der Waals surface area contributed by atoms with E-state index in [2.05, 4.69) is 0 Å². The first-order valence-electron chi connectivity index (χ1n) is 7.08. The summed E-state index contributed by atoms with van der Waals surface area (Å²) in [6.45, 7) is 2.35. The summed E-state index contributed by atoms with van der Waals surface area (Å²) in [6.07, 6.45) is 2.50. The predicted molar refractivity (Wildman–Crippen MR) is 76.1 cm³/mol. The molecular formula is C14H20F2N2O2S. The van der Waals surface area contributed by atoms with E-state index in [1.165, 1.54) is 4.31 Å². The van der Waals surface area contributed by atoms with E-state index in [1.807, 2.05) is 0 Å². The summed E-state index contributed by atoms with van der Waals surface area (Å²) in [5, 5.41) is 0. The Labute approximate surface area is 124 Å². The Morgan fingerprint density at radius 1 is 1.33 bits per heavy atom. The van der Waals surface area contributed by atoms with Crippen molar-refractivity contribution in [1.82, 2.24) is 4.31 Å². The molecule has 2 atom stereocenters. The van der Waals surface area contributed by atoms with Gasteiger partial charge in [0.2, 0.25) is 10.0 Å². The van der Waals surface area contributed by atoms with Crippen LogP contribution in [0.5, 0.6) is 0 Å². The normalized spacial score (nSPS) is 22.9. The molecule has 0 radical (unpaired) electrons. The van der Waals surface area contributed by atoms with Gasteiger partial charge in [-0.2, -0.15) is 4.31 Å². The topological polar surface area (TPSA) is 63.4 Å². The van der Waals surface area contributed by atoms with Gasteiger partial charge in [0.1, 0.15) is 16.5 Å². The van der Waals surface area contributed by atoms with Crippen LogP contribution in [0.15, 0.2) is 23.1 Å². The summed E-state index contributed by atoms with van der Waals surface area (Å²) in [5.41, 5.74) is 5.70. The summed E-state index contributed by atoms with van der Waals surface area (Å²) in [6, 6.07) is 2.32. The average molecular weight is 318 g/mol. The van der Waals surface area contributed by atoms with Gasteiger partial charge in [-0.1, -0.05) is 13.3 Å². The fourth-order valence-corrected chi connectivity index (χ4v) is 4.84. The molecule has 7 heteroatoms. The highest BCUT2D eigenvalue weighted by Gasteiger charge is 2.38. The highest BCUT2D eigenvalue weighted by molar-refractivity contribution is 7.89. The maximum atomic E-state index is 13.8. The van der Waals surface area contributed by atoms with Crippen LogP contribution >= 0.6 is 0 Å². The van der Waals surface area contributed by atoms with Gasteiger partial charge in [-0.25, -0.2) is 17.2 Å². The Balaban J connectivity index is 2.40. The standard InChI is InChI=1S/C14H20F2N2O2S/c1-2-18(13-5-3-4-10(13)9-17)21(19,20)14-7-6-11(15)8-12(14)16/h6-8,10,13H,2-5,9,17H2,1H3. The quantitative estimate of drug-likeness (QED) is 0.904. The zero-order valence-corrected chi connectivity index (χ0v) is 12.7. The van der Waals surface area contributed by atoms with Crippen LogP contribution in [-0.4, -0.2) is 31.9 Å². The first-order valence-corrected chi connectivity index (χ1v) is 8.52. The third-order valence-electron chi connectivity index (χ3n) is 4.08. The Hall–Kier alpha value is -1.05. The highest BCUT2D eigenvalue weighted by atomic mass is 32.2. The lowest BCUT2D eigenvalue weighted by molar-refractivity contribution is 0.275. The van der Waals surface area contributed by atoms with Crippen molar-refractivity contribution in [1.29, 1.82) is 0 Å². The molecule has 1 aliphatic carbocycles. The molecule has 118 valence electrons. The molecule has 21 heavy (non-hydrogen) atoms. The first kappa shape index (κ1) is 16.3. The SMILES string of the molecule is CCN(C1CCCC1CN)S(=O)(=O)c1ccc(F)cc1F. The third-order valence-corrected chi connectivity index (χ3v) is 6.12. The van der Waals surface area contributed by atoms with Gasteiger partial charge in [-0.05, 0) is 37.4 Å². The zero-order valence-electron chi connectivity index (χ0n) is 11.9. The predicted octanol–water partition coefficient (Wildman–Crippen LogP) is 2.10. The summed E-state index contributed by atoms with van der Waals surface area (Å²) < 4.78 is 53.4. The van der Waals surface area contributed by atoms with E-state index in [0.717, 1.165) is 31.4 Å². The minimum Gasteiger partial charge on any atom is -0.330 e. The molecule has 0 aliphatic heterocycles. The van der Waals surface area contributed by atoms with Crippen molar-refractivity contribution in [2.24, 2.45) is 11.7 Å². The van der Waals surface area contributed by atoms with Crippen molar-refractivity contribution in [3.63, 3.8) is 0 Å². The maximum Gasteiger partial charge on any atom is 0.246 e. The molecule has 2 rings (SSSR count). The second-order valence-corrected chi connectivity index (χ2v) is 7.14. The smallest absolute Gasteiger partial charge is 0.246 e. The summed E-state index contributed by atoms with van der Waals surface area (Å²) >= 11 is 0. The van der Waals surface area contributed by atoms with E-state index in [1.54, 1.807) is 6.92 Å². The molecule has 0 bridgehead atoms. The molecule has 1 aliphatic rings. The van der Waals surface area contributed by atoms with Crippen LogP contribution in [-0.2, 0) is 10.0 Å². The van der Waals surface area contributed by atoms with Gasteiger partial charge in [-0.3, -0.25) is 0 Å². The number of benzene rings is 1. The third kappa shape index (κ3) is 3.09. The number of halogens is 2. The van der Waals surface area contributed by atoms with Crippen LogP contribution < -0.4 is 5.73 Å². The lowest BCUT2D eigenvalue weighted by Gasteiger charge is -2.31. The summed E-state index contributed by atoms with van der Waals surface area (Å²) in [4.78, 5) is -0.478. The molecule has 4 nitrogen and oxygen atoms in total. The fraction of sp³-hybridized carbons (Fsp3) is 0.571. The van der Waals surface area contributed by atoms with Gasteiger partial charge in [0.15, 0.2) is 0 Å². The molecular weight excluding hydrogens is 298 g/mol. The summed E-state index contributed by atoms with van der Waals surface area (Å²) in [5.74, 6) is -1.77. The van der Waals surface area contributed by atoms with Gasteiger partial charge < -0.3 is 5.73 Å². The first-order chi connectivity index (χ1) is 9.91. The van der Waals surface area contributed by atoms with Gasteiger partial charge >= 0.3 is 0 Å². The van der Waals surface area contributed by atoms with Crippen molar-refractivity contribution in [2.45, 2.75) is 37.1 Å². The van der Waals surface area contributed by atoms with Crippen LogP contribution in [0.2, 0.25) is 0 Å². The number of hydrogen-bond donors (Lipinski definition) is 1. The van der Waals surface area contributed by atoms with E-state index >= 15 is 0 Å². The van der Waals surface area contributed by atoms with E-state index in [0.29, 0.717) is 12.6 Å². The molecule has 1 aromatic rings. The minimum absolute atomic E-state index is 0.0863. The minimum atomic E-state index is -3.99. The molecule has 0 amide bonds. The fourth-order valence-electron chi connectivity index (χ4n) is 3.06. The van der Waals surface area contributed by atoms with Crippen LogP contribution in [0.1, 0.15) is 26.2 Å². The van der Waals surface area contributed by atoms with E-state index in [9.17, 15) is 17.2 Å². The summed E-state index contributed by atoms with van der Waals surface area (Å²) in [7, 11) is -3.99. The van der Waals surface area contributed by atoms with Crippen LogP contribution in [0.4, 0.5) is 8.78 Å². The Kier molecular flexibility index (Phi) is 4.95. The van der Waals surface area contributed by atoms with Gasteiger partial charge in [0.25, 0.3) is 0 Å². The Morgan fingerprint density at radius 3 is 2.62 bits per heavy atom. The van der Waals surface area contributed by atoms with Crippen LogP contribution in [0.3, 0.4) is 0 Å². The molecule has 1 saturated carbocycles. The second kappa shape index (κ2) is 6.37. The molecule has 2 unspecified atom stereocenters. The van der Waals surface area contributed by atoms with Gasteiger partial charge in [0.05, 0.1) is 0 Å². The van der Waals surface area contributed by atoms with Crippen LogP contribution in [0, 0.1) is 17.6 Å². The highest BCUT2D eigenvalue weighted by Crippen LogP contribution is 2.33. The second-order valence-electron chi connectivity index (χ2n) is 5.28. The Bertz CT molecular complexity index is 607. The van der Waals surface area contributed by atoms with Crippen molar-refractivity contribution in [3.05, 3.63) is 29.8 Å². The maximum absolute atomic E-state index is 13.8. The van der Waals surface area contributed by atoms with E-state index in [4.69, 9.17) is 5.73 Å². The monoisotopic (exact) mass is 318 g/mol. The lowest BCUT2D eigenvalue weighted by atomic mass is 10.0. The molecule has 1 aromatic carbocycles. The van der Waals surface area contributed by atoms with Crippen molar-refractivity contribution >= 4 is 10.0 Å². The molecule has 0 saturated heterocycles. The van der Waals surface area contributed by atoms with Gasteiger partial charge in [0, 0.05) is 18.7 Å². The zero-order chi connectivity index (χ0) is 15.6. The number of nitrogens with two attached hydrogens (primary N) is 1. The molecule has 2 N–H and O–H groups in total. The number of hydrogen-bond acceptors (Lipinski definition) is 3. The van der Waals surface area contributed by atoms with Crippen molar-refractivity contribution in [3.8, 4) is 0 Å². The largest absolute Gasteiger partial charge is 0.330 e. The Morgan fingerprint density at radius 2 is 2.05 bits per heavy atom. The van der Waals surface area contributed by atoms with Crippen molar-refractivity contribution < 1.29 is 17.2 Å².